The highest BCUT2D eigenvalue weighted by molar-refractivity contribution is 7.85. The first-order valence-corrected chi connectivity index (χ1v) is 23.9. The molecule has 0 saturated heterocycles. The van der Waals surface area contributed by atoms with E-state index in [-0.39, 0.29) is 12.3 Å². The smallest absolute Gasteiger partial charge is 0.267 e. The lowest BCUT2D eigenvalue weighted by molar-refractivity contribution is -0.122. The van der Waals surface area contributed by atoms with Gasteiger partial charge in [0.25, 0.3) is 10.1 Å². The van der Waals surface area contributed by atoms with Gasteiger partial charge >= 0.3 is 0 Å². The van der Waals surface area contributed by atoms with Gasteiger partial charge in [0.05, 0.1) is 17.9 Å². The summed E-state index contributed by atoms with van der Waals surface area (Å²) in [6.45, 7) is 4.41. The predicted molar refractivity (Wildman–Crippen MR) is 239 cm³/mol. The third-order valence-corrected chi connectivity index (χ3v) is 10.3. The minimum atomic E-state index is -4.37. The fourth-order valence-corrected chi connectivity index (χ4v) is 6.99. The lowest BCUT2D eigenvalue weighted by atomic mass is 10.1. The van der Waals surface area contributed by atoms with Gasteiger partial charge < -0.3 is 10.4 Å². The van der Waals surface area contributed by atoms with Gasteiger partial charge in [-0.3, -0.25) is 9.35 Å². The normalized spacial score (nSPS) is 14.0. The molecule has 0 radical (unpaired) electrons. The van der Waals surface area contributed by atoms with Crippen molar-refractivity contribution in [2.24, 2.45) is 0 Å². The van der Waals surface area contributed by atoms with Crippen LogP contribution in [0.15, 0.2) is 85.1 Å². The maximum atomic E-state index is 12.5. The Labute approximate surface area is 339 Å². The molecule has 0 heterocycles. The third-order valence-electron chi connectivity index (χ3n) is 9.56. The van der Waals surface area contributed by atoms with Crippen LogP contribution in [0.3, 0.4) is 0 Å². The molecular weight excluding hydrogens is 703 g/mol. The molecule has 0 aliphatic carbocycles. The summed E-state index contributed by atoms with van der Waals surface area (Å²) in [5, 5.41) is 13.2. The first-order chi connectivity index (χ1) is 26.8. The molecule has 1 amide bonds. The number of aliphatic hydroxyl groups excluding tert-OH is 1. The largest absolute Gasteiger partial charge is 0.387 e. The molecule has 0 aliphatic heterocycles. The number of rotatable bonds is 39. The first-order valence-electron chi connectivity index (χ1n) is 22.3. The van der Waals surface area contributed by atoms with E-state index in [4.69, 9.17) is 0 Å². The molecule has 0 aromatic carbocycles. The van der Waals surface area contributed by atoms with E-state index in [1.165, 1.54) is 96.0 Å². The van der Waals surface area contributed by atoms with Gasteiger partial charge in [0.1, 0.15) is 0 Å². The van der Waals surface area contributed by atoms with Crippen molar-refractivity contribution in [1.82, 2.24) is 5.32 Å². The Morgan fingerprint density at radius 1 is 0.509 bits per heavy atom. The van der Waals surface area contributed by atoms with Crippen LogP contribution in [0.1, 0.15) is 194 Å². The number of unbranched alkanes of at least 4 members (excludes halogenated alkanes) is 19. The fraction of sp³-hybridized carbons (Fsp3) is 0.688. The van der Waals surface area contributed by atoms with Crippen molar-refractivity contribution in [2.75, 3.05) is 5.75 Å². The summed E-state index contributed by atoms with van der Waals surface area (Å²) in [7, 11) is -4.37. The topological polar surface area (TPSA) is 104 Å². The SMILES string of the molecule is CC/C=C\C/C=C\C/C=C\C/C=C\C/C=C\CCCCCCCCCC(=O)NC(CS(=O)(=O)O)C(O)/C=C/CC/C=C/CCCCCCCCCCCCC. The van der Waals surface area contributed by atoms with Crippen LogP contribution < -0.4 is 5.32 Å². The zero-order valence-electron chi connectivity index (χ0n) is 35.3. The summed E-state index contributed by atoms with van der Waals surface area (Å²) in [5.41, 5.74) is 0. The molecule has 0 fully saturated rings. The van der Waals surface area contributed by atoms with Crippen molar-refractivity contribution in [1.29, 1.82) is 0 Å². The Hall–Kier alpha value is -2.48. The molecular formula is C48H83NO5S. The lowest BCUT2D eigenvalue weighted by Crippen LogP contribution is -2.46. The molecule has 6 nitrogen and oxygen atoms in total. The minimum absolute atomic E-state index is 0.270. The number of hydrogen-bond acceptors (Lipinski definition) is 4. The van der Waals surface area contributed by atoms with E-state index in [1.54, 1.807) is 0 Å². The molecule has 0 rings (SSSR count). The Morgan fingerprint density at radius 2 is 0.891 bits per heavy atom. The van der Waals surface area contributed by atoms with Gasteiger partial charge in [-0.2, -0.15) is 8.42 Å². The van der Waals surface area contributed by atoms with E-state index in [2.05, 4.69) is 92.1 Å². The highest BCUT2D eigenvalue weighted by Gasteiger charge is 2.24. The Morgan fingerprint density at radius 3 is 1.36 bits per heavy atom. The van der Waals surface area contributed by atoms with Crippen LogP contribution in [-0.2, 0) is 14.9 Å². The van der Waals surface area contributed by atoms with E-state index < -0.39 is 28.0 Å². The van der Waals surface area contributed by atoms with Gasteiger partial charge in [-0.05, 0) is 77.0 Å². The molecule has 2 atom stereocenters. The van der Waals surface area contributed by atoms with Crippen LogP contribution in [0.25, 0.3) is 0 Å². The van der Waals surface area contributed by atoms with Crippen molar-refractivity contribution in [2.45, 2.75) is 206 Å². The van der Waals surface area contributed by atoms with E-state index in [1.807, 2.05) is 6.08 Å². The Kier molecular flexibility index (Phi) is 39.3. The average molecular weight is 786 g/mol. The third kappa shape index (κ3) is 42.5. The van der Waals surface area contributed by atoms with Gasteiger partial charge in [-0.15, -0.1) is 0 Å². The number of nitrogens with one attached hydrogen (secondary N) is 1. The number of aliphatic hydroxyl groups is 1. The molecule has 316 valence electrons. The van der Waals surface area contributed by atoms with Crippen LogP contribution in [0.5, 0.6) is 0 Å². The van der Waals surface area contributed by atoms with E-state index in [0.717, 1.165) is 70.6 Å². The predicted octanol–water partition coefficient (Wildman–Crippen LogP) is 13.6. The van der Waals surface area contributed by atoms with Gasteiger partial charge in [-0.1, -0.05) is 195 Å². The zero-order valence-corrected chi connectivity index (χ0v) is 36.1. The lowest BCUT2D eigenvalue weighted by Gasteiger charge is -2.21. The molecule has 0 bridgehead atoms. The molecule has 0 saturated carbocycles. The summed E-state index contributed by atoms with van der Waals surface area (Å²) >= 11 is 0. The van der Waals surface area contributed by atoms with Crippen molar-refractivity contribution >= 4 is 16.0 Å². The minimum Gasteiger partial charge on any atom is -0.387 e. The van der Waals surface area contributed by atoms with Crippen LogP contribution >= 0.6 is 0 Å². The number of amides is 1. The molecule has 3 N–H and O–H groups in total. The van der Waals surface area contributed by atoms with Crippen LogP contribution in [0.4, 0.5) is 0 Å². The molecule has 0 aromatic heterocycles. The highest BCUT2D eigenvalue weighted by Crippen LogP contribution is 2.13. The van der Waals surface area contributed by atoms with Gasteiger partial charge in [-0.25, -0.2) is 0 Å². The summed E-state index contributed by atoms with van der Waals surface area (Å²) in [5.74, 6) is -1.02. The van der Waals surface area contributed by atoms with E-state index in [0.29, 0.717) is 12.8 Å². The molecule has 2 unspecified atom stereocenters. The second kappa shape index (κ2) is 41.2. The zero-order chi connectivity index (χ0) is 40.3. The van der Waals surface area contributed by atoms with Crippen molar-refractivity contribution < 1.29 is 22.9 Å². The maximum absolute atomic E-state index is 12.5. The Balaban J connectivity index is 3.97. The van der Waals surface area contributed by atoms with Crippen LogP contribution in [-0.4, -0.2) is 41.9 Å². The highest BCUT2D eigenvalue weighted by atomic mass is 32.2. The Bertz CT molecular complexity index is 1180. The molecule has 0 spiro atoms. The van der Waals surface area contributed by atoms with E-state index >= 15 is 0 Å². The maximum Gasteiger partial charge on any atom is 0.267 e. The summed E-state index contributed by atoms with van der Waals surface area (Å²) < 4.78 is 32.6. The molecule has 7 heteroatoms. The molecule has 0 aromatic rings. The van der Waals surface area contributed by atoms with Crippen LogP contribution in [0.2, 0.25) is 0 Å². The standard InChI is InChI=1S/C48H83NO5S/c1-3-5-7-9-11-13-15-17-19-21-22-23-24-25-26-28-30-32-34-36-38-40-42-44-48(51)49-46(45-55(52,53)54)47(50)43-41-39-37-35-33-31-29-27-20-18-16-14-12-10-8-6-4-2/h5,7,11,13,17,19,22-23,25-26,33,35,41,43,46-47,50H,3-4,6,8-10,12,14-16,18,20-21,24,27-32,34,36-40,42,44-45H2,1-2H3,(H,49,51)(H,52,53,54)/b7-5-,13-11-,19-17-,23-22-,26-25-,35-33+,43-41+. The van der Waals surface area contributed by atoms with Gasteiger partial charge in [0.2, 0.25) is 5.91 Å². The molecule has 0 aliphatic rings. The molecule has 55 heavy (non-hydrogen) atoms. The fourth-order valence-electron chi connectivity index (χ4n) is 6.26. The van der Waals surface area contributed by atoms with E-state index in [9.17, 15) is 22.9 Å². The quantitative estimate of drug-likeness (QED) is 0.0327. The van der Waals surface area contributed by atoms with Gasteiger partial charge in [0, 0.05) is 6.42 Å². The average Bonchev–Trinajstić information content (AvgIpc) is 3.15. The van der Waals surface area contributed by atoms with Crippen molar-refractivity contribution in [3.05, 3.63) is 85.1 Å². The summed E-state index contributed by atoms with van der Waals surface area (Å²) in [4.78, 5) is 12.5. The number of allylic oxidation sites excluding steroid dienone is 13. The monoisotopic (exact) mass is 786 g/mol. The van der Waals surface area contributed by atoms with Crippen LogP contribution in [0, 0.1) is 0 Å². The summed E-state index contributed by atoms with van der Waals surface area (Å²) in [6.07, 6.45) is 60.0. The second-order valence-corrected chi connectivity index (χ2v) is 16.4. The van der Waals surface area contributed by atoms with Crippen molar-refractivity contribution in [3.63, 3.8) is 0 Å². The first kappa shape index (κ1) is 52.5. The summed E-state index contributed by atoms with van der Waals surface area (Å²) in [6, 6.07) is -1.08. The number of carbonyl (C=O) groups is 1. The number of hydrogen-bond donors (Lipinski definition) is 3. The van der Waals surface area contributed by atoms with Crippen molar-refractivity contribution in [3.8, 4) is 0 Å². The van der Waals surface area contributed by atoms with Gasteiger partial charge in [0.15, 0.2) is 0 Å². The second-order valence-electron chi connectivity index (χ2n) is 14.9. The number of carbonyl (C=O) groups excluding carboxylic acids is 1.